The van der Waals surface area contributed by atoms with E-state index in [2.05, 4.69) is 15.3 Å². The Balaban J connectivity index is 1.60. The molecule has 4 rings (SSSR count). The van der Waals surface area contributed by atoms with Gasteiger partial charge in [-0.05, 0) is 63.5 Å². The number of aromatic nitrogens is 2. The summed E-state index contributed by atoms with van der Waals surface area (Å²) in [5.41, 5.74) is 12.6. The lowest BCUT2D eigenvalue weighted by molar-refractivity contribution is -0.119. The molecule has 2 atom stereocenters. The third-order valence-electron chi connectivity index (χ3n) is 5.96. The molecular formula is C19H27N5O2S. The van der Waals surface area contributed by atoms with Crippen LogP contribution in [0.3, 0.4) is 0 Å². The second-order valence-corrected chi connectivity index (χ2v) is 8.74. The Morgan fingerprint density at radius 3 is 2.81 bits per heavy atom. The number of primary amides is 1. The lowest BCUT2D eigenvalue weighted by atomic mass is 9.92. The smallest absolute Gasteiger partial charge is 0.234 e. The maximum atomic E-state index is 11.4. The maximum Gasteiger partial charge on any atom is 0.234 e. The summed E-state index contributed by atoms with van der Waals surface area (Å²) in [6.45, 7) is 0. The van der Waals surface area contributed by atoms with Crippen molar-refractivity contribution in [3.63, 3.8) is 0 Å². The minimum absolute atomic E-state index is 0.191. The van der Waals surface area contributed by atoms with Gasteiger partial charge in [-0.15, -0.1) is 11.3 Å². The van der Waals surface area contributed by atoms with E-state index in [1.54, 1.807) is 17.7 Å². The summed E-state index contributed by atoms with van der Waals surface area (Å²) in [5, 5.41) is 4.37. The number of aryl methyl sites for hydroxylation is 1. The minimum atomic E-state index is -0.623. The van der Waals surface area contributed by atoms with Gasteiger partial charge >= 0.3 is 0 Å². The lowest BCUT2D eigenvalue weighted by Gasteiger charge is -2.28. The van der Waals surface area contributed by atoms with Crippen LogP contribution in [0.25, 0.3) is 10.2 Å². The monoisotopic (exact) mass is 389 g/mol. The first-order chi connectivity index (χ1) is 13.1. The Kier molecular flexibility index (Phi) is 5.29. The number of nitrogens with zero attached hydrogens (tertiary/aromatic N) is 2. The third-order valence-corrected chi connectivity index (χ3v) is 7.13. The van der Waals surface area contributed by atoms with Gasteiger partial charge in [-0.1, -0.05) is 0 Å². The first-order valence-electron chi connectivity index (χ1n) is 9.72. The van der Waals surface area contributed by atoms with Crippen molar-refractivity contribution in [2.75, 3.05) is 7.05 Å². The van der Waals surface area contributed by atoms with Crippen LogP contribution in [0.1, 0.15) is 54.9 Å². The SMILES string of the molecule is CNC1CCC(Oc2ncnc3sc4c(c23)[C@@H](CC(N)C(N)=O)CC4)CC1. The van der Waals surface area contributed by atoms with Gasteiger partial charge in [0.15, 0.2) is 0 Å². The molecule has 146 valence electrons. The minimum Gasteiger partial charge on any atom is -0.474 e. The van der Waals surface area contributed by atoms with E-state index < -0.39 is 11.9 Å². The molecule has 0 radical (unpaired) electrons. The van der Waals surface area contributed by atoms with Crippen LogP contribution in [-0.4, -0.2) is 41.1 Å². The van der Waals surface area contributed by atoms with Gasteiger partial charge in [-0.25, -0.2) is 9.97 Å². The number of rotatable bonds is 6. The fourth-order valence-electron chi connectivity index (χ4n) is 4.42. The predicted molar refractivity (Wildman–Crippen MR) is 106 cm³/mol. The molecule has 0 aliphatic heterocycles. The molecule has 8 heteroatoms. The average Bonchev–Trinajstić information content (AvgIpc) is 3.22. The molecule has 2 aliphatic rings. The van der Waals surface area contributed by atoms with Crippen molar-refractivity contribution >= 4 is 27.5 Å². The molecule has 27 heavy (non-hydrogen) atoms. The molecule has 2 aliphatic carbocycles. The van der Waals surface area contributed by atoms with Gasteiger partial charge in [-0.2, -0.15) is 0 Å². The van der Waals surface area contributed by atoms with Crippen molar-refractivity contribution in [2.24, 2.45) is 11.5 Å². The van der Waals surface area contributed by atoms with E-state index in [0.717, 1.165) is 48.7 Å². The zero-order valence-corrected chi connectivity index (χ0v) is 16.4. The van der Waals surface area contributed by atoms with E-state index in [0.29, 0.717) is 18.3 Å². The number of nitrogens with one attached hydrogen (secondary N) is 1. The Labute approximate surface area is 162 Å². The van der Waals surface area contributed by atoms with Crippen molar-refractivity contribution in [3.05, 3.63) is 16.8 Å². The lowest BCUT2D eigenvalue weighted by Crippen LogP contribution is -2.37. The van der Waals surface area contributed by atoms with E-state index in [-0.39, 0.29) is 12.0 Å². The summed E-state index contributed by atoms with van der Waals surface area (Å²) in [5.74, 6) is 0.451. The van der Waals surface area contributed by atoms with Gasteiger partial charge in [0, 0.05) is 10.9 Å². The van der Waals surface area contributed by atoms with Crippen LogP contribution in [0, 0.1) is 0 Å². The molecular weight excluding hydrogens is 362 g/mol. The number of hydrogen-bond acceptors (Lipinski definition) is 7. The van der Waals surface area contributed by atoms with Crippen molar-refractivity contribution in [3.8, 4) is 5.88 Å². The van der Waals surface area contributed by atoms with Crippen molar-refractivity contribution in [1.82, 2.24) is 15.3 Å². The standard InChI is InChI=1S/C19H27N5O2S/c1-22-11-3-5-12(6-4-11)26-18-16-15-10(8-13(20)17(21)25)2-7-14(15)27-19(16)24-9-23-18/h9-13,22H,2-8,20H2,1H3,(H2,21,25)/t10-,11?,12?,13?/m1/s1. The number of carbonyl (C=O) groups excluding carboxylic acids is 1. The second-order valence-electron chi connectivity index (χ2n) is 7.66. The molecule has 2 heterocycles. The topological polar surface area (TPSA) is 116 Å². The molecule has 1 unspecified atom stereocenters. The Morgan fingerprint density at radius 2 is 2.11 bits per heavy atom. The van der Waals surface area contributed by atoms with Crippen molar-refractivity contribution in [2.45, 2.75) is 69.1 Å². The summed E-state index contributed by atoms with van der Waals surface area (Å²) >= 11 is 1.71. The molecule has 0 spiro atoms. The van der Waals surface area contributed by atoms with Crippen LogP contribution in [0.4, 0.5) is 0 Å². The van der Waals surface area contributed by atoms with Gasteiger partial charge in [-0.3, -0.25) is 4.79 Å². The van der Waals surface area contributed by atoms with Crippen LogP contribution in [0.15, 0.2) is 6.33 Å². The van der Waals surface area contributed by atoms with Crippen molar-refractivity contribution < 1.29 is 9.53 Å². The number of ether oxygens (including phenoxy) is 1. The fraction of sp³-hybridized carbons (Fsp3) is 0.632. The van der Waals surface area contributed by atoms with Gasteiger partial charge in [0.25, 0.3) is 0 Å². The van der Waals surface area contributed by atoms with Gasteiger partial charge in [0.1, 0.15) is 17.3 Å². The molecule has 0 aromatic carbocycles. The first kappa shape index (κ1) is 18.6. The van der Waals surface area contributed by atoms with Crippen LogP contribution in [0.2, 0.25) is 0 Å². The Morgan fingerprint density at radius 1 is 1.33 bits per heavy atom. The molecule has 2 aromatic rings. The third kappa shape index (κ3) is 3.66. The quantitative estimate of drug-likeness (QED) is 0.694. The fourth-order valence-corrected chi connectivity index (χ4v) is 5.65. The van der Waals surface area contributed by atoms with E-state index in [9.17, 15) is 4.79 Å². The summed E-state index contributed by atoms with van der Waals surface area (Å²) in [4.78, 5) is 22.6. The predicted octanol–water partition coefficient (Wildman–Crippen LogP) is 1.83. The first-order valence-corrected chi connectivity index (χ1v) is 10.5. The number of hydrogen-bond donors (Lipinski definition) is 3. The average molecular weight is 390 g/mol. The molecule has 0 saturated heterocycles. The van der Waals surface area contributed by atoms with E-state index in [1.807, 2.05) is 7.05 Å². The Hall–Kier alpha value is -1.77. The molecule has 0 bridgehead atoms. The highest BCUT2D eigenvalue weighted by Gasteiger charge is 2.32. The largest absolute Gasteiger partial charge is 0.474 e. The molecule has 1 saturated carbocycles. The zero-order chi connectivity index (χ0) is 19.0. The zero-order valence-electron chi connectivity index (χ0n) is 15.6. The molecule has 1 amide bonds. The van der Waals surface area contributed by atoms with Gasteiger partial charge in [0.05, 0.1) is 11.4 Å². The van der Waals surface area contributed by atoms with Crippen molar-refractivity contribution in [1.29, 1.82) is 0 Å². The summed E-state index contributed by atoms with van der Waals surface area (Å²) in [6.07, 6.45) is 8.61. The number of carbonyl (C=O) groups is 1. The van der Waals surface area contributed by atoms with Crippen LogP contribution in [0.5, 0.6) is 5.88 Å². The molecule has 5 N–H and O–H groups in total. The maximum absolute atomic E-state index is 11.4. The van der Waals surface area contributed by atoms with Gasteiger partial charge < -0.3 is 21.5 Å². The summed E-state index contributed by atoms with van der Waals surface area (Å²) < 4.78 is 6.35. The van der Waals surface area contributed by atoms with Crippen LogP contribution in [-0.2, 0) is 11.2 Å². The summed E-state index contributed by atoms with van der Waals surface area (Å²) in [6, 6.07) is -0.0398. The van der Waals surface area contributed by atoms with Crippen LogP contribution < -0.4 is 21.5 Å². The van der Waals surface area contributed by atoms with Gasteiger partial charge in [0.2, 0.25) is 11.8 Å². The normalized spacial score (nSPS) is 26.1. The molecule has 7 nitrogen and oxygen atoms in total. The Bertz CT molecular complexity index is 831. The highest BCUT2D eigenvalue weighted by molar-refractivity contribution is 7.19. The van der Waals surface area contributed by atoms with E-state index >= 15 is 0 Å². The number of nitrogens with two attached hydrogens (primary N) is 2. The van der Waals surface area contributed by atoms with E-state index in [1.165, 1.54) is 10.4 Å². The molecule has 1 fully saturated rings. The number of fused-ring (bicyclic) bond motifs is 3. The highest BCUT2D eigenvalue weighted by atomic mass is 32.1. The highest BCUT2D eigenvalue weighted by Crippen LogP contribution is 2.47. The summed E-state index contributed by atoms with van der Waals surface area (Å²) in [7, 11) is 2.02. The molecule has 2 aromatic heterocycles. The second kappa shape index (κ2) is 7.69. The number of amides is 1. The van der Waals surface area contributed by atoms with E-state index in [4.69, 9.17) is 16.2 Å². The van der Waals surface area contributed by atoms with Crippen LogP contribution >= 0.6 is 11.3 Å². The number of thiophene rings is 1.